The highest BCUT2D eigenvalue weighted by atomic mass is 32.2. The number of hydrogen-bond donors (Lipinski definition) is 2. The van der Waals surface area contributed by atoms with Gasteiger partial charge in [0, 0.05) is 19.1 Å². The van der Waals surface area contributed by atoms with Crippen molar-refractivity contribution in [1.29, 1.82) is 0 Å². The number of nitrogens with two attached hydrogens (primary N) is 1. The average molecular weight is 330 g/mol. The minimum atomic E-state index is -3.60. The van der Waals surface area contributed by atoms with Gasteiger partial charge in [-0.05, 0) is 31.0 Å². The normalized spacial score (nSPS) is 18.2. The number of benzene rings is 1. The van der Waals surface area contributed by atoms with E-state index in [1.54, 1.807) is 6.07 Å². The second-order valence-corrected chi connectivity index (χ2v) is 7.57. The fraction of sp³-hybridized carbons (Fsp3) is 0.417. The second-order valence-electron chi connectivity index (χ2n) is 4.99. The molecule has 1 saturated heterocycles. The van der Waals surface area contributed by atoms with Crippen LogP contribution in [0.25, 0.3) is 10.2 Å². The van der Waals surface area contributed by atoms with Gasteiger partial charge in [0.15, 0.2) is 5.13 Å². The monoisotopic (exact) mass is 330 g/mol. The van der Waals surface area contributed by atoms with Gasteiger partial charge in [-0.15, -0.1) is 0 Å². The summed E-state index contributed by atoms with van der Waals surface area (Å²) in [6.45, 7) is 0.798. The van der Waals surface area contributed by atoms with Gasteiger partial charge in [0.1, 0.15) is 5.82 Å². The van der Waals surface area contributed by atoms with Gasteiger partial charge in [0.2, 0.25) is 0 Å². The molecule has 9 heteroatoms. The Morgan fingerprint density at radius 3 is 2.76 bits per heavy atom. The Balaban J connectivity index is 1.67. The largest absolute Gasteiger partial charge is 0.359 e. The Morgan fingerprint density at radius 2 is 2.10 bits per heavy atom. The SMILES string of the molecule is NS(=O)(=O)N1CCC(Nc2nc3ccc(F)cc3s2)CC1. The fourth-order valence-electron chi connectivity index (χ4n) is 2.39. The van der Waals surface area contributed by atoms with E-state index in [1.165, 1.54) is 27.8 Å². The quantitative estimate of drug-likeness (QED) is 0.893. The fourth-order valence-corrected chi connectivity index (χ4v) is 4.08. The van der Waals surface area contributed by atoms with Gasteiger partial charge in [-0.2, -0.15) is 12.7 Å². The number of nitrogens with zero attached hydrogens (tertiary/aromatic N) is 2. The summed E-state index contributed by atoms with van der Waals surface area (Å²) in [5.41, 5.74) is 0.755. The van der Waals surface area contributed by atoms with E-state index >= 15 is 0 Å². The van der Waals surface area contributed by atoms with E-state index in [9.17, 15) is 12.8 Å². The van der Waals surface area contributed by atoms with Crippen LogP contribution in [-0.2, 0) is 10.2 Å². The van der Waals surface area contributed by atoms with Gasteiger partial charge < -0.3 is 5.32 Å². The first-order chi connectivity index (χ1) is 9.91. The first-order valence-corrected chi connectivity index (χ1v) is 8.84. The average Bonchev–Trinajstić information content (AvgIpc) is 2.79. The molecule has 3 rings (SSSR count). The molecule has 2 aromatic rings. The van der Waals surface area contributed by atoms with E-state index in [2.05, 4.69) is 10.3 Å². The van der Waals surface area contributed by atoms with Crippen LogP contribution in [0.1, 0.15) is 12.8 Å². The number of anilines is 1. The van der Waals surface area contributed by atoms with Crippen LogP contribution in [0, 0.1) is 5.82 Å². The van der Waals surface area contributed by atoms with Crippen LogP contribution in [0.3, 0.4) is 0 Å². The summed E-state index contributed by atoms with van der Waals surface area (Å²) in [7, 11) is -3.60. The molecule has 0 spiro atoms. The number of fused-ring (bicyclic) bond motifs is 1. The number of aromatic nitrogens is 1. The molecule has 21 heavy (non-hydrogen) atoms. The van der Waals surface area contributed by atoms with Crippen LogP contribution in [0.2, 0.25) is 0 Å². The predicted molar refractivity (Wildman–Crippen MR) is 80.9 cm³/mol. The van der Waals surface area contributed by atoms with Gasteiger partial charge in [0.05, 0.1) is 10.2 Å². The predicted octanol–water partition coefficient (Wildman–Crippen LogP) is 1.52. The van der Waals surface area contributed by atoms with Gasteiger partial charge in [-0.3, -0.25) is 0 Å². The molecule has 1 aromatic carbocycles. The lowest BCUT2D eigenvalue weighted by atomic mass is 10.1. The summed E-state index contributed by atoms with van der Waals surface area (Å²) in [4.78, 5) is 4.40. The highest BCUT2D eigenvalue weighted by Crippen LogP contribution is 2.28. The van der Waals surface area contributed by atoms with Crippen LogP contribution in [0.15, 0.2) is 18.2 Å². The van der Waals surface area contributed by atoms with Crippen LogP contribution in [0.5, 0.6) is 0 Å². The van der Waals surface area contributed by atoms with Gasteiger partial charge in [-0.25, -0.2) is 14.5 Å². The lowest BCUT2D eigenvalue weighted by Crippen LogP contribution is -2.45. The van der Waals surface area contributed by atoms with E-state index in [0.717, 1.165) is 15.3 Å². The van der Waals surface area contributed by atoms with E-state index in [-0.39, 0.29) is 11.9 Å². The summed E-state index contributed by atoms with van der Waals surface area (Å²) in [5.74, 6) is -0.279. The molecule has 1 aromatic heterocycles. The highest BCUT2D eigenvalue weighted by Gasteiger charge is 2.25. The third kappa shape index (κ3) is 3.31. The Bertz CT molecular complexity index is 754. The van der Waals surface area contributed by atoms with Gasteiger partial charge in [0.25, 0.3) is 10.2 Å². The maximum absolute atomic E-state index is 13.1. The first kappa shape index (κ1) is 14.6. The van der Waals surface area contributed by atoms with Crippen molar-refractivity contribution >= 4 is 36.9 Å². The topological polar surface area (TPSA) is 88.3 Å². The van der Waals surface area contributed by atoms with Crippen LogP contribution in [0.4, 0.5) is 9.52 Å². The van der Waals surface area contributed by atoms with Crippen molar-refractivity contribution in [2.45, 2.75) is 18.9 Å². The molecular weight excluding hydrogens is 315 g/mol. The summed E-state index contributed by atoms with van der Waals surface area (Å²) < 4.78 is 37.7. The number of thiazole rings is 1. The summed E-state index contributed by atoms with van der Waals surface area (Å²) in [6.07, 6.45) is 1.33. The van der Waals surface area contributed by atoms with Crippen molar-refractivity contribution < 1.29 is 12.8 Å². The van der Waals surface area contributed by atoms with Crippen molar-refractivity contribution in [3.63, 3.8) is 0 Å². The number of hydrogen-bond acceptors (Lipinski definition) is 5. The van der Waals surface area contributed by atoms with Gasteiger partial charge >= 0.3 is 0 Å². The van der Waals surface area contributed by atoms with Crippen molar-refractivity contribution in [1.82, 2.24) is 9.29 Å². The molecule has 0 atom stereocenters. The van der Waals surface area contributed by atoms with Crippen LogP contribution < -0.4 is 10.5 Å². The number of nitrogens with one attached hydrogen (secondary N) is 1. The summed E-state index contributed by atoms with van der Waals surface area (Å²) in [5, 5.41) is 9.12. The molecule has 114 valence electrons. The molecule has 3 N–H and O–H groups in total. The van der Waals surface area contributed by atoms with Crippen LogP contribution in [-0.4, -0.2) is 36.8 Å². The third-order valence-corrected chi connectivity index (χ3v) is 5.53. The minimum Gasteiger partial charge on any atom is -0.359 e. The zero-order valence-electron chi connectivity index (χ0n) is 11.1. The first-order valence-electron chi connectivity index (χ1n) is 6.52. The Kier molecular flexibility index (Phi) is 3.82. The molecule has 0 amide bonds. The number of rotatable bonds is 3. The maximum atomic E-state index is 13.1. The molecule has 0 unspecified atom stereocenters. The maximum Gasteiger partial charge on any atom is 0.276 e. The van der Waals surface area contributed by atoms with E-state index in [1.807, 2.05) is 0 Å². The third-order valence-electron chi connectivity index (χ3n) is 3.49. The molecule has 6 nitrogen and oxygen atoms in total. The molecule has 0 aliphatic carbocycles. The number of halogens is 1. The lowest BCUT2D eigenvalue weighted by molar-refractivity contribution is 0.330. The van der Waals surface area contributed by atoms with Crippen LogP contribution >= 0.6 is 11.3 Å². The standard InChI is InChI=1S/C12H15FN4O2S2/c13-8-1-2-10-11(7-8)20-12(16-10)15-9-3-5-17(6-4-9)21(14,18)19/h1-2,7,9H,3-6H2,(H,15,16)(H2,14,18,19). The van der Waals surface area contributed by atoms with E-state index in [4.69, 9.17) is 5.14 Å². The van der Waals surface area contributed by atoms with Crippen molar-refractivity contribution in [2.24, 2.45) is 5.14 Å². The van der Waals surface area contributed by atoms with Crippen molar-refractivity contribution in [3.05, 3.63) is 24.0 Å². The van der Waals surface area contributed by atoms with Crippen molar-refractivity contribution in [3.8, 4) is 0 Å². The Labute approximate surface area is 126 Å². The molecule has 0 saturated carbocycles. The lowest BCUT2D eigenvalue weighted by Gasteiger charge is -2.30. The van der Waals surface area contributed by atoms with E-state index in [0.29, 0.717) is 25.9 Å². The summed E-state index contributed by atoms with van der Waals surface area (Å²) >= 11 is 1.39. The van der Waals surface area contributed by atoms with Gasteiger partial charge in [-0.1, -0.05) is 11.3 Å². The molecule has 1 aliphatic heterocycles. The zero-order valence-corrected chi connectivity index (χ0v) is 12.8. The molecule has 0 radical (unpaired) electrons. The summed E-state index contributed by atoms with van der Waals surface area (Å²) in [6, 6.07) is 4.64. The smallest absolute Gasteiger partial charge is 0.276 e. The number of piperidine rings is 1. The Hall–Kier alpha value is -1.29. The van der Waals surface area contributed by atoms with E-state index < -0.39 is 10.2 Å². The molecule has 2 heterocycles. The zero-order chi connectivity index (χ0) is 15.0. The molecular formula is C12H15FN4O2S2. The highest BCUT2D eigenvalue weighted by molar-refractivity contribution is 7.86. The second kappa shape index (κ2) is 5.48. The van der Waals surface area contributed by atoms with Crippen molar-refractivity contribution in [2.75, 3.05) is 18.4 Å². The minimum absolute atomic E-state index is 0.147. The molecule has 0 bridgehead atoms. The molecule has 1 fully saturated rings. The molecule has 1 aliphatic rings. The Morgan fingerprint density at radius 1 is 1.38 bits per heavy atom.